The number of likely N-dealkylation sites (tertiary alicyclic amines) is 1. The van der Waals surface area contributed by atoms with Crippen LogP contribution >= 0.6 is 0 Å². The molecule has 2 heterocycles. The molecule has 0 radical (unpaired) electrons. The zero-order valence-electron chi connectivity index (χ0n) is 25.2. The van der Waals surface area contributed by atoms with E-state index in [1.807, 2.05) is 45.0 Å². The second-order valence-corrected chi connectivity index (χ2v) is 13.6. The van der Waals surface area contributed by atoms with Crippen molar-refractivity contribution in [2.45, 2.75) is 58.8 Å². The molecule has 5 rings (SSSR count). The molecular formula is C33H35N3O7S. The lowest BCUT2D eigenvalue weighted by atomic mass is 10.0. The van der Waals surface area contributed by atoms with E-state index in [1.54, 1.807) is 42.2 Å². The van der Waals surface area contributed by atoms with Gasteiger partial charge in [-0.15, -0.1) is 0 Å². The van der Waals surface area contributed by atoms with E-state index in [9.17, 15) is 23.3 Å². The zero-order chi connectivity index (χ0) is 31.6. The number of piperidine rings is 1. The van der Waals surface area contributed by atoms with Gasteiger partial charge in [-0.2, -0.15) is 5.26 Å². The van der Waals surface area contributed by atoms with E-state index >= 15 is 0 Å². The maximum atomic E-state index is 13.8. The van der Waals surface area contributed by atoms with E-state index < -0.39 is 26.5 Å². The van der Waals surface area contributed by atoms with Crippen LogP contribution in [0.3, 0.4) is 0 Å². The highest BCUT2D eigenvalue weighted by molar-refractivity contribution is 7.97. The Hall–Kier alpha value is -4.56. The number of carbonyl (C=O) groups is 2. The standard InChI is InChI=1S/C33H35N3O7S/c1-5-41-31(37)30-19-26-18-28(42-27-12-14-35(15-13-27)32(38)43-33(2,3)4)10-11-29(26)36(44(30,39)40)21-23-7-9-24-8-6-22(20-34)16-25(24)17-23/h6-11,16-19,27H,5,12-15,21H2,1-4H3. The Morgan fingerprint density at radius 1 is 1.00 bits per heavy atom. The number of esters is 1. The highest BCUT2D eigenvalue weighted by atomic mass is 32.2. The number of sulfonamides is 1. The molecule has 0 saturated carbocycles. The molecular weight excluding hydrogens is 582 g/mol. The molecule has 0 bridgehead atoms. The number of ether oxygens (including phenoxy) is 3. The molecule has 10 nitrogen and oxygen atoms in total. The van der Waals surface area contributed by atoms with Gasteiger partial charge in [0.2, 0.25) is 0 Å². The number of hydrogen-bond acceptors (Lipinski definition) is 8. The van der Waals surface area contributed by atoms with E-state index in [1.165, 1.54) is 10.4 Å². The lowest BCUT2D eigenvalue weighted by molar-refractivity contribution is -0.137. The summed E-state index contributed by atoms with van der Waals surface area (Å²) in [5.74, 6) is -0.408. The van der Waals surface area contributed by atoms with E-state index in [0.29, 0.717) is 54.1 Å². The van der Waals surface area contributed by atoms with Crippen LogP contribution in [-0.2, 0) is 30.8 Å². The summed E-state index contributed by atoms with van der Waals surface area (Å²) in [6.45, 7) is 8.08. The fourth-order valence-electron chi connectivity index (χ4n) is 5.25. The monoisotopic (exact) mass is 617 g/mol. The van der Waals surface area contributed by atoms with Crippen LogP contribution in [0.15, 0.2) is 59.5 Å². The molecule has 11 heteroatoms. The van der Waals surface area contributed by atoms with Crippen LogP contribution in [0, 0.1) is 11.3 Å². The summed E-state index contributed by atoms with van der Waals surface area (Å²) in [5.41, 5.74) is 1.51. The highest BCUT2D eigenvalue weighted by Crippen LogP contribution is 2.38. The van der Waals surface area contributed by atoms with Gasteiger partial charge in [0.05, 0.1) is 30.5 Å². The van der Waals surface area contributed by atoms with Crippen molar-refractivity contribution in [3.8, 4) is 11.8 Å². The number of benzene rings is 3. The first-order chi connectivity index (χ1) is 20.9. The smallest absolute Gasteiger partial charge is 0.410 e. The normalized spacial score (nSPS) is 16.5. The fourth-order valence-corrected chi connectivity index (χ4v) is 6.78. The van der Waals surface area contributed by atoms with Crippen LogP contribution < -0.4 is 9.04 Å². The topological polar surface area (TPSA) is 126 Å². The number of nitriles is 1. The van der Waals surface area contributed by atoms with Crippen molar-refractivity contribution in [3.05, 3.63) is 76.2 Å². The molecule has 0 N–H and O–H groups in total. The molecule has 2 aliphatic rings. The Morgan fingerprint density at radius 3 is 2.41 bits per heavy atom. The molecule has 3 aromatic carbocycles. The molecule has 0 unspecified atom stereocenters. The summed E-state index contributed by atoms with van der Waals surface area (Å²) >= 11 is 0. The molecule has 0 spiro atoms. The summed E-state index contributed by atoms with van der Waals surface area (Å²) in [4.78, 5) is 26.5. The number of amides is 1. The molecule has 2 aliphatic heterocycles. The summed E-state index contributed by atoms with van der Waals surface area (Å²) in [7, 11) is -4.25. The second-order valence-electron chi connectivity index (χ2n) is 11.8. The zero-order valence-corrected chi connectivity index (χ0v) is 26.0. The first kappa shape index (κ1) is 30.9. The van der Waals surface area contributed by atoms with Crippen LogP contribution in [0.4, 0.5) is 10.5 Å². The van der Waals surface area contributed by atoms with Gasteiger partial charge in [-0.1, -0.05) is 18.2 Å². The SMILES string of the molecule is CCOC(=O)C1=Cc2cc(OC3CCN(C(=O)OC(C)(C)C)CC3)ccc2N(Cc2ccc3ccc(C#N)cc3c2)S1(=O)=O. The summed E-state index contributed by atoms with van der Waals surface area (Å²) in [6, 6.07) is 18.1. The van der Waals surface area contributed by atoms with E-state index in [-0.39, 0.29) is 25.3 Å². The van der Waals surface area contributed by atoms with Gasteiger partial charge in [-0.25, -0.2) is 18.0 Å². The van der Waals surface area contributed by atoms with E-state index in [2.05, 4.69) is 6.07 Å². The summed E-state index contributed by atoms with van der Waals surface area (Å²) < 4.78 is 45.6. The maximum absolute atomic E-state index is 13.8. The van der Waals surface area contributed by atoms with Crippen LogP contribution in [0.25, 0.3) is 16.8 Å². The Labute approximate surface area is 257 Å². The first-order valence-corrected chi connectivity index (χ1v) is 15.9. The number of hydrogen-bond donors (Lipinski definition) is 0. The third-order valence-corrected chi connectivity index (χ3v) is 9.10. The van der Waals surface area contributed by atoms with Crippen molar-refractivity contribution in [3.63, 3.8) is 0 Å². The Bertz CT molecular complexity index is 1780. The molecule has 0 aromatic heterocycles. The van der Waals surface area contributed by atoms with Gasteiger partial charge in [-0.3, -0.25) is 4.31 Å². The predicted octanol–water partition coefficient (Wildman–Crippen LogP) is 5.74. The molecule has 1 saturated heterocycles. The molecule has 1 fully saturated rings. The minimum Gasteiger partial charge on any atom is -0.490 e. The van der Waals surface area contributed by atoms with Crippen LogP contribution in [0.5, 0.6) is 5.75 Å². The lowest BCUT2D eigenvalue weighted by Gasteiger charge is -2.34. The van der Waals surface area contributed by atoms with Gasteiger partial charge in [0.1, 0.15) is 17.5 Å². The van der Waals surface area contributed by atoms with Gasteiger partial charge < -0.3 is 19.1 Å². The van der Waals surface area contributed by atoms with Crippen molar-refractivity contribution in [1.82, 2.24) is 4.90 Å². The van der Waals surface area contributed by atoms with Crippen LogP contribution in [-0.4, -0.2) is 56.8 Å². The molecule has 230 valence electrons. The number of fused-ring (bicyclic) bond motifs is 2. The van der Waals surface area contributed by atoms with Gasteiger partial charge in [0.25, 0.3) is 10.0 Å². The largest absolute Gasteiger partial charge is 0.490 e. The average molecular weight is 618 g/mol. The number of nitrogens with zero attached hydrogens (tertiary/aromatic N) is 3. The first-order valence-electron chi connectivity index (χ1n) is 14.5. The Balaban J connectivity index is 1.41. The quantitative estimate of drug-likeness (QED) is 0.321. The van der Waals surface area contributed by atoms with Crippen LogP contribution in [0.2, 0.25) is 0 Å². The van der Waals surface area contributed by atoms with Crippen molar-refractivity contribution in [2.24, 2.45) is 0 Å². The minimum atomic E-state index is -4.25. The van der Waals surface area contributed by atoms with E-state index in [0.717, 1.165) is 10.8 Å². The van der Waals surface area contributed by atoms with E-state index in [4.69, 9.17) is 14.2 Å². The predicted molar refractivity (Wildman–Crippen MR) is 166 cm³/mol. The van der Waals surface area contributed by atoms with Gasteiger partial charge in [0.15, 0.2) is 4.91 Å². The fraction of sp³-hybridized carbons (Fsp3) is 0.364. The molecule has 0 atom stereocenters. The number of anilines is 1. The van der Waals surface area contributed by atoms with Gasteiger partial charge >= 0.3 is 12.1 Å². The highest BCUT2D eigenvalue weighted by Gasteiger charge is 2.38. The van der Waals surface area contributed by atoms with Crippen molar-refractivity contribution < 1.29 is 32.2 Å². The second kappa shape index (κ2) is 12.2. The van der Waals surface area contributed by atoms with Crippen LogP contribution in [0.1, 0.15) is 57.2 Å². The third-order valence-electron chi connectivity index (χ3n) is 7.36. The summed E-state index contributed by atoms with van der Waals surface area (Å²) in [6.07, 6.45) is 2.04. The Morgan fingerprint density at radius 2 is 1.73 bits per heavy atom. The Kier molecular flexibility index (Phi) is 8.57. The molecule has 3 aromatic rings. The number of carbonyl (C=O) groups excluding carboxylic acids is 2. The van der Waals surface area contributed by atoms with Crippen molar-refractivity contribution in [2.75, 3.05) is 24.0 Å². The third kappa shape index (κ3) is 6.65. The molecule has 1 amide bonds. The summed E-state index contributed by atoms with van der Waals surface area (Å²) in [5, 5.41) is 11.0. The van der Waals surface area contributed by atoms with Gasteiger partial charge in [-0.05, 0) is 86.5 Å². The van der Waals surface area contributed by atoms with Crippen molar-refractivity contribution in [1.29, 1.82) is 5.26 Å². The molecule has 44 heavy (non-hydrogen) atoms. The lowest BCUT2D eigenvalue weighted by Crippen LogP contribution is -2.44. The van der Waals surface area contributed by atoms with Crippen molar-refractivity contribution >= 4 is 44.6 Å². The van der Waals surface area contributed by atoms with Gasteiger partial charge in [0, 0.05) is 31.5 Å². The molecule has 0 aliphatic carbocycles. The average Bonchev–Trinajstić information content (AvgIpc) is 2.97. The number of rotatable bonds is 6. The minimum absolute atomic E-state index is 0.0234. The maximum Gasteiger partial charge on any atom is 0.410 e.